The molecule has 0 aliphatic carbocycles. The molecule has 0 aromatic rings. The third-order valence-corrected chi connectivity index (χ3v) is 7.56. The van der Waals surface area contributed by atoms with E-state index < -0.39 is 0 Å². The van der Waals surface area contributed by atoms with Gasteiger partial charge in [0.2, 0.25) is 0 Å². The maximum Gasteiger partial charge on any atom is 0.0307 e. The maximum atomic E-state index is 5.05. The van der Waals surface area contributed by atoms with Crippen LogP contribution in [-0.4, -0.2) is 108 Å². The average Bonchev–Trinajstić information content (AvgIpc) is 2.56. The van der Waals surface area contributed by atoms with E-state index >= 15 is 0 Å². The molecular formula is C36H72N4PbS8-4. The monoisotopic (exact) mass is 1020 g/mol. The Balaban J connectivity index is -0.000000174. The summed E-state index contributed by atoms with van der Waals surface area (Å²) in [6, 6.07) is 0. The van der Waals surface area contributed by atoms with Gasteiger partial charge >= 0.3 is 0 Å². The van der Waals surface area contributed by atoms with Crippen molar-refractivity contribution in [3.05, 3.63) is 0 Å². The smallest absolute Gasteiger partial charge is 0.0307 e. The second-order valence-electron chi connectivity index (χ2n) is 19.8. The first kappa shape index (κ1) is 59.6. The molecule has 0 rings (SSSR count). The van der Waals surface area contributed by atoms with Gasteiger partial charge in [-0.1, -0.05) is 17.3 Å². The molecule has 0 saturated carbocycles. The van der Waals surface area contributed by atoms with Gasteiger partial charge in [0.15, 0.2) is 0 Å². The van der Waals surface area contributed by atoms with Gasteiger partial charge < -0.3 is 119 Å². The summed E-state index contributed by atoms with van der Waals surface area (Å²) >= 11 is 40.4. The standard InChI is InChI=1S/4C9H19NS2.Pb/c4*1-8(2,3)10(7(11)12)9(4,5)6;/h4*1-6H3,(H,11,12);/p-4. The first-order chi connectivity index (χ1) is 20.3. The van der Waals surface area contributed by atoms with Gasteiger partial charge in [0.1, 0.15) is 0 Å². The van der Waals surface area contributed by atoms with E-state index in [1.54, 1.807) is 0 Å². The van der Waals surface area contributed by atoms with Gasteiger partial charge in [0.25, 0.3) is 0 Å². The van der Waals surface area contributed by atoms with Crippen LogP contribution in [0.4, 0.5) is 0 Å². The summed E-state index contributed by atoms with van der Waals surface area (Å²) in [5.74, 6) is 0. The minimum Gasteiger partial charge on any atom is -0.411 e. The summed E-state index contributed by atoms with van der Waals surface area (Å²) in [5, 5.41) is 0. The van der Waals surface area contributed by atoms with E-state index in [-0.39, 0.29) is 71.6 Å². The molecule has 0 aliphatic rings. The van der Waals surface area contributed by atoms with Gasteiger partial charge in [-0.05, 0) is 166 Å². The van der Waals surface area contributed by atoms with Crippen LogP contribution in [0.3, 0.4) is 0 Å². The number of rotatable bonds is 0. The number of thiocarbonyl (C=S) groups is 4. The first-order valence-corrected chi connectivity index (χ1v) is 19.6. The van der Waals surface area contributed by atoms with E-state index in [9.17, 15) is 0 Å². The SMILES string of the molecule is CC(C)(C)N(C(=S)[S-])C(C)(C)C.CC(C)(C)N(C(=S)[S-])C(C)(C)C.CC(C)(C)N(C(=S)[S-])C(C)(C)C.CC(C)(C)N(C(=S)[S-])C(C)(C)C.[Pb]. The molecule has 0 amide bonds. The van der Waals surface area contributed by atoms with Gasteiger partial charge in [-0.2, -0.15) is 0 Å². The summed E-state index contributed by atoms with van der Waals surface area (Å²) in [4.78, 5) is 8.35. The Kier molecular flexibility index (Phi) is 26.1. The van der Waals surface area contributed by atoms with Gasteiger partial charge in [-0.3, -0.25) is 0 Å². The van der Waals surface area contributed by atoms with Crippen molar-refractivity contribution in [2.45, 2.75) is 210 Å². The number of hydrogen-bond donors (Lipinski definition) is 0. The van der Waals surface area contributed by atoms with Crippen molar-refractivity contribution < 1.29 is 0 Å². The van der Waals surface area contributed by atoms with E-state index in [1.807, 2.05) is 0 Å². The Morgan fingerprint density at radius 2 is 0.327 bits per heavy atom. The van der Waals surface area contributed by atoms with Crippen molar-refractivity contribution in [1.82, 2.24) is 19.6 Å². The minimum absolute atomic E-state index is 0. The van der Waals surface area contributed by atoms with Crippen LogP contribution in [0.15, 0.2) is 0 Å². The van der Waals surface area contributed by atoms with Crippen LogP contribution < -0.4 is 0 Å². The molecule has 0 aromatic carbocycles. The molecular weight excluding hydrogens is 952 g/mol. The normalized spacial score (nSPS) is 12.6. The number of nitrogens with zero attached hydrogens (tertiary/aromatic N) is 4. The molecule has 4 nitrogen and oxygen atoms in total. The first-order valence-electron chi connectivity index (χ1n) is 16.3. The van der Waals surface area contributed by atoms with Crippen LogP contribution in [0, 0.1) is 0 Å². The molecule has 0 fully saturated rings. The van der Waals surface area contributed by atoms with Gasteiger partial charge in [-0.25, -0.2) is 0 Å². The molecule has 0 bridgehead atoms. The van der Waals surface area contributed by atoms with Gasteiger partial charge in [0.05, 0.1) is 0 Å². The molecule has 292 valence electrons. The quantitative estimate of drug-likeness (QED) is 0.130. The van der Waals surface area contributed by atoms with Crippen LogP contribution >= 0.6 is 48.9 Å². The molecule has 0 N–H and O–H groups in total. The zero-order valence-corrected chi connectivity index (χ0v) is 46.0. The van der Waals surface area contributed by atoms with Crippen LogP contribution in [-0.2, 0) is 50.5 Å². The molecule has 0 atom stereocenters. The summed E-state index contributed by atoms with van der Waals surface area (Å²) in [6.45, 7) is 50.9. The molecule has 49 heavy (non-hydrogen) atoms. The molecule has 4 radical (unpaired) electrons. The Hall–Kier alpha value is 1.36. The van der Waals surface area contributed by atoms with Gasteiger partial charge in [0, 0.05) is 71.6 Å². The molecule has 0 aromatic heterocycles. The number of hydrogen-bond acceptors (Lipinski definition) is 8. The molecule has 13 heteroatoms. The van der Waals surface area contributed by atoms with Crippen molar-refractivity contribution in [3.8, 4) is 0 Å². The van der Waals surface area contributed by atoms with Crippen molar-refractivity contribution in [1.29, 1.82) is 0 Å². The van der Waals surface area contributed by atoms with E-state index in [0.29, 0.717) is 17.3 Å². The Bertz CT molecular complexity index is 815. The zero-order valence-electron chi connectivity index (χ0n) is 35.6. The van der Waals surface area contributed by atoms with Crippen LogP contribution in [0.1, 0.15) is 166 Å². The van der Waals surface area contributed by atoms with Gasteiger partial charge in [-0.15, -0.1) is 0 Å². The summed E-state index contributed by atoms with van der Waals surface area (Å²) < 4.78 is 2.20. The van der Waals surface area contributed by atoms with Crippen molar-refractivity contribution in [3.63, 3.8) is 0 Å². The van der Waals surface area contributed by atoms with Crippen molar-refractivity contribution in [2.24, 2.45) is 0 Å². The van der Waals surface area contributed by atoms with Crippen molar-refractivity contribution in [2.75, 3.05) is 0 Å². The van der Waals surface area contributed by atoms with Crippen molar-refractivity contribution >= 4 is 144 Å². The molecule has 0 spiro atoms. The molecule has 0 heterocycles. The summed E-state index contributed by atoms with van der Waals surface area (Å²) in [7, 11) is 0. The maximum absolute atomic E-state index is 5.05. The molecule has 0 saturated heterocycles. The third-order valence-electron chi connectivity index (χ3n) is 6.10. The Morgan fingerprint density at radius 3 is 0.327 bits per heavy atom. The largest absolute Gasteiger partial charge is 0.411 e. The Labute approximate surface area is 370 Å². The fraction of sp³-hybridized carbons (Fsp3) is 0.889. The van der Waals surface area contributed by atoms with E-state index in [0.717, 1.165) is 0 Å². The Morgan fingerprint density at radius 1 is 0.265 bits per heavy atom. The fourth-order valence-corrected chi connectivity index (χ4v) is 10.6. The van der Waals surface area contributed by atoms with E-state index in [1.165, 1.54) is 0 Å². The van der Waals surface area contributed by atoms with Crippen LogP contribution in [0.5, 0.6) is 0 Å². The third kappa shape index (κ3) is 25.9. The predicted molar refractivity (Wildman–Crippen MR) is 251 cm³/mol. The second kappa shape index (κ2) is 21.5. The zero-order chi connectivity index (χ0) is 40.6. The predicted octanol–water partition coefficient (Wildman–Crippen LogP) is 10.5. The van der Waals surface area contributed by atoms with Crippen LogP contribution in [0.25, 0.3) is 0 Å². The fourth-order valence-electron chi connectivity index (χ4n) is 6.22. The second-order valence-corrected chi connectivity index (χ2v) is 23.9. The van der Waals surface area contributed by atoms with E-state index in [2.05, 4.69) is 186 Å². The van der Waals surface area contributed by atoms with E-state index in [4.69, 9.17) is 99.4 Å². The molecule has 0 aliphatic heterocycles. The summed E-state index contributed by atoms with van der Waals surface area (Å²) in [5.41, 5.74) is 0.0880. The minimum atomic E-state index is 0. The van der Waals surface area contributed by atoms with Crippen LogP contribution in [0.2, 0.25) is 0 Å². The molecule has 0 unspecified atom stereocenters. The summed E-state index contributed by atoms with van der Waals surface area (Å²) in [6.07, 6.45) is 0. The average molecular weight is 1020 g/mol. The topological polar surface area (TPSA) is 13.0 Å².